The Kier molecular flexibility index (Phi) is 7.72. The van der Waals surface area contributed by atoms with Gasteiger partial charge in [-0.2, -0.15) is 0 Å². The first-order valence-electron chi connectivity index (χ1n) is 10.1. The van der Waals surface area contributed by atoms with Gasteiger partial charge in [0, 0.05) is 27.7 Å². The number of carbonyl (C=O) groups excluding carboxylic acids is 1. The molecule has 0 fully saturated rings. The number of rotatable bonds is 8. The lowest BCUT2D eigenvalue weighted by Crippen LogP contribution is -2.22. The third kappa shape index (κ3) is 5.02. The highest BCUT2D eigenvalue weighted by molar-refractivity contribution is 14.1. The van der Waals surface area contributed by atoms with Crippen molar-refractivity contribution in [2.45, 2.75) is 24.7 Å². The predicted octanol–water partition coefficient (Wildman–Crippen LogP) is 6.12. The maximum absolute atomic E-state index is 14.8. The SMILES string of the molecule is CCC(C)C(=O)c1ccc(C(=N)c2c(Nc3c(F)cccc3F)c(CI)c[nH]c2=O)cc1F. The number of halogens is 4. The number of aromatic amines is 1. The van der Waals surface area contributed by atoms with Gasteiger partial charge in [0.25, 0.3) is 5.56 Å². The maximum atomic E-state index is 14.8. The molecule has 5 nitrogen and oxygen atoms in total. The van der Waals surface area contributed by atoms with Crippen LogP contribution in [0.5, 0.6) is 0 Å². The van der Waals surface area contributed by atoms with E-state index in [0.717, 1.165) is 18.2 Å². The van der Waals surface area contributed by atoms with Crippen LogP contribution >= 0.6 is 22.6 Å². The molecule has 0 saturated heterocycles. The Morgan fingerprint density at radius 1 is 1.12 bits per heavy atom. The normalized spacial score (nSPS) is 11.8. The van der Waals surface area contributed by atoms with Gasteiger partial charge in [0.2, 0.25) is 0 Å². The van der Waals surface area contributed by atoms with E-state index in [4.69, 9.17) is 5.41 Å². The average molecular weight is 567 g/mol. The smallest absolute Gasteiger partial charge is 0.259 e. The summed E-state index contributed by atoms with van der Waals surface area (Å²) in [6.45, 7) is 3.52. The molecule has 1 aromatic heterocycles. The fourth-order valence-corrected chi connectivity index (χ4v) is 3.87. The number of ketones is 1. The molecule has 1 heterocycles. The van der Waals surface area contributed by atoms with E-state index in [-0.39, 0.29) is 39.8 Å². The van der Waals surface area contributed by atoms with Crippen LogP contribution in [-0.4, -0.2) is 16.5 Å². The number of benzene rings is 2. The number of carbonyl (C=O) groups is 1. The van der Waals surface area contributed by atoms with Gasteiger partial charge >= 0.3 is 0 Å². The molecule has 0 radical (unpaired) electrons. The second-order valence-corrected chi connectivity index (χ2v) is 8.25. The molecule has 3 aromatic rings. The zero-order valence-corrected chi connectivity index (χ0v) is 20.0. The summed E-state index contributed by atoms with van der Waals surface area (Å²) in [4.78, 5) is 27.6. The molecular weight excluding hydrogens is 546 g/mol. The lowest BCUT2D eigenvalue weighted by molar-refractivity contribution is 0.0923. The highest BCUT2D eigenvalue weighted by Gasteiger charge is 2.23. The summed E-state index contributed by atoms with van der Waals surface area (Å²) in [6.07, 6.45) is 1.94. The summed E-state index contributed by atoms with van der Waals surface area (Å²) < 4.78 is 43.6. The third-order valence-corrected chi connectivity index (χ3v) is 6.19. The minimum Gasteiger partial charge on any atom is -0.350 e. The molecule has 0 spiro atoms. The maximum Gasteiger partial charge on any atom is 0.259 e. The molecule has 0 amide bonds. The summed E-state index contributed by atoms with van der Waals surface area (Å²) >= 11 is 2.01. The molecule has 172 valence electrons. The molecule has 3 N–H and O–H groups in total. The Labute approximate surface area is 202 Å². The average Bonchev–Trinajstić information content (AvgIpc) is 2.80. The number of hydrogen-bond donors (Lipinski definition) is 3. The molecular formula is C24H21F3IN3O2. The minimum atomic E-state index is -0.869. The molecule has 0 saturated carbocycles. The lowest BCUT2D eigenvalue weighted by Gasteiger charge is -2.17. The van der Waals surface area contributed by atoms with Crippen LogP contribution in [0.25, 0.3) is 0 Å². The second kappa shape index (κ2) is 10.3. The highest BCUT2D eigenvalue weighted by Crippen LogP contribution is 2.30. The number of H-pyrrole nitrogens is 1. The van der Waals surface area contributed by atoms with Gasteiger partial charge in [-0.15, -0.1) is 0 Å². The lowest BCUT2D eigenvalue weighted by atomic mass is 9.94. The Hall–Kier alpha value is -2.95. The summed E-state index contributed by atoms with van der Waals surface area (Å²) in [6, 6.07) is 7.02. The first kappa shape index (κ1) is 24.7. The van der Waals surface area contributed by atoms with Crippen LogP contribution in [0.1, 0.15) is 47.3 Å². The van der Waals surface area contributed by atoms with Gasteiger partial charge in [-0.05, 0) is 30.7 Å². The number of anilines is 2. The summed E-state index contributed by atoms with van der Waals surface area (Å²) in [7, 11) is 0. The molecule has 1 atom stereocenters. The van der Waals surface area contributed by atoms with Gasteiger partial charge in [-0.3, -0.25) is 15.0 Å². The minimum absolute atomic E-state index is 0.0429. The Morgan fingerprint density at radius 2 is 1.79 bits per heavy atom. The van der Waals surface area contributed by atoms with Crippen LogP contribution < -0.4 is 10.9 Å². The van der Waals surface area contributed by atoms with Crippen molar-refractivity contribution in [3.8, 4) is 0 Å². The van der Waals surface area contributed by atoms with E-state index in [1.807, 2.05) is 29.5 Å². The van der Waals surface area contributed by atoms with Crippen molar-refractivity contribution in [2.75, 3.05) is 5.32 Å². The van der Waals surface area contributed by atoms with Crippen LogP contribution in [0, 0.1) is 28.8 Å². The van der Waals surface area contributed by atoms with E-state index < -0.39 is 28.7 Å². The van der Waals surface area contributed by atoms with Gasteiger partial charge < -0.3 is 10.3 Å². The Morgan fingerprint density at radius 3 is 2.36 bits per heavy atom. The monoisotopic (exact) mass is 567 g/mol. The number of aromatic nitrogens is 1. The van der Waals surface area contributed by atoms with Crippen LogP contribution in [0.4, 0.5) is 24.5 Å². The largest absolute Gasteiger partial charge is 0.350 e. The zero-order valence-electron chi connectivity index (χ0n) is 17.9. The zero-order chi connectivity index (χ0) is 24.3. The molecule has 0 aliphatic carbocycles. The standard InChI is InChI=1S/C24H21F3IN3O2/c1-3-12(2)23(32)15-8-7-13(9-18(15)27)20(29)19-21(14(10-28)11-30-24(19)33)31-22-16(25)5-4-6-17(22)26/h4-9,11-12,29H,3,10H2,1-2H3,(H2,30,31,33). The number of alkyl halides is 1. The molecule has 9 heteroatoms. The topological polar surface area (TPSA) is 85.8 Å². The number of hydrogen-bond acceptors (Lipinski definition) is 4. The molecule has 3 rings (SSSR count). The van der Waals surface area contributed by atoms with Gasteiger partial charge in [0.1, 0.15) is 23.1 Å². The number of pyridine rings is 1. The second-order valence-electron chi connectivity index (χ2n) is 7.49. The van der Waals surface area contributed by atoms with Crippen molar-refractivity contribution < 1.29 is 18.0 Å². The van der Waals surface area contributed by atoms with Gasteiger partial charge in [-0.1, -0.05) is 48.6 Å². The van der Waals surface area contributed by atoms with E-state index in [1.165, 1.54) is 24.4 Å². The van der Waals surface area contributed by atoms with Crippen LogP contribution in [0.15, 0.2) is 47.4 Å². The number of Topliss-reactive ketones (excluding diaryl/α,β-unsaturated/α-hetero) is 1. The Balaban J connectivity index is 2.11. The van der Waals surface area contributed by atoms with Crippen molar-refractivity contribution in [3.63, 3.8) is 0 Å². The molecule has 0 aliphatic rings. The Bertz CT molecular complexity index is 1270. The van der Waals surface area contributed by atoms with Crippen molar-refractivity contribution in [1.29, 1.82) is 5.41 Å². The highest BCUT2D eigenvalue weighted by atomic mass is 127. The molecule has 2 aromatic carbocycles. The fraction of sp³-hybridized carbons (Fsp3) is 0.208. The molecule has 0 bridgehead atoms. The van der Waals surface area contributed by atoms with Crippen LogP contribution in [0.2, 0.25) is 0 Å². The predicted molar refractivity (Wildman–Crippen MR) is 131 cm³/mol. The molecule has 33 heavy (non-hydrogen) atoms. The van der Waals surface area contributed by atoms with Crippen LogP contribution in [-0.2, 0) is 4.43 Å². The van der Waals surface area contributed by atoms with Gasteiger partial charge in [-0.25, -0.2) is 13.2 Å². The van der Waals surface area contributed by atoms with Crippen molar-refractivity contribution in [2.24, 2.45) is 5.92 Å². The summed E-state index contributed by atoms with van der Waals surface area (Å²) in [5.74, 6) is -3.26. The quantitative estimate of drug-likeness (QED) is 0.133. The van der Waals surface area contributed by atoms with E-state index in [9.17, 15) is 22.8 Å². The van der Waals surface area contributed by atoms with Crippen molar-refractivity contribution >= 4 is 45.5 Å². The van der Waals surface area contributed by atoms with Crippen molar-refractivity contribution in [3.05, 3.63) is 92.7 Å². The van der Waals surface area contributed by atoms with E-state index in [1.54, 1.807) is 6.92 Å². The third-order valence-electron chi connectivity index (χ3n) is 5.37. The van der Waals surface area contributed by atoms with Gasteiger partial charge in [0.05, 0.1) is 22.5 Å². The fourth-order valence-electron chi connectivity index (χ4n) is 3.27. The number of para-hydroxylation sites is 1. The van der Waals surface area contributed by atoms with Gasteiger partial charge in [0.15, 0.2) is 5.78 Å². The summed E-state index contributed by atoms with van der Waals surface area (Å²) in [5.41, 5.74) is -1.24. The molecule has 0 aliphatic heterocycles. The first-order chi connectivity index (χ1) is 15.7. The van der Waals surface area contributed by atoms with Crippen molar-refractivity contribution in [1.82, 2.24) is 4.98 Å². The number of nitrogens with one attached hydrogen (secondary N) is 3. The van der Waals surface area contributed by atoms with E-state index >= 15 is 0 Å². The van der Waals surface area contributed by atoms with Crippen LogP contribution in [0.3, 0.4) is 0 Å². The molecule has 1 unspecified atom stereocenters. The summed E-state index contributed by atoms with van der Waals surface area (Å²) in [5, 5.41) is 11.2. The van der Waals surface area contributed by atoms with E-state index in [2.05, 4.69) is 10.3 Å². The van der Waals surface area contributed by atoms with E-state index in [0.29, 0.717) is 16.4 Å². The first-order valence-corrected chi connectivity index (χ1v) is 11.7.